The summed E-state index contributed by atoms with van der Waals surface area (Å²) in [5, 5.41) is 5.88. The van der Waals surface area contributed by atoms with Crippen LogP contribution in [0.5, 0.6) is 0 Å². The highest BCUT2D eigenvalue weighted by molar-refractivity contribution is 7.91. The van der Waals surface area contributed by atoms with Crippen molar-refractivity contribution in [1.82, 2.24) is 10.6 Å². The van der Waals surface area contributed by atoms with Gasteiger partial charge >= 0.3 is 0 Å². The van der Waals surface area contributed by atoms with Crippen LogP contribution in [0.4, 0.5) is 0 Å². The van der Waals surface area contributed by atoms with Gasteiger partial charge in [0.05, 0.1) is 11.5 Å². The van der Waals surface area contributed by atoms with E-state index in [4.69, 9.17) is 0 Å². The molecule has 1 amide bonds. The largest absolute Gasteiger partial charge is 0.355 e. The van der Waals surface area contributed by atoms with Crippen molar-refractivity contribution in [3.63, 3.8) is 0 Å². The number of sulfone groups is 1. The smallest absolute Gasteiger partial charge is 0.251 e. The van der Waals surface area contributed by atoms with Crippen molar-refractivity contribution in [1.29, 1.82) is 0 Å². The molecule has 2 rings (SSSR count). The highest BCUT2D eigenvalue weighted by Crippen LogP contribution is 2.23. The maximum atomic E-state index is 11.5. The van der Waals surface area contributed by atoms with Crippen LogP contribution in [0.3, 0.4) is 0 Å². The third kappa shape index (κ3) is 3.58. The molecule has 1 aromatic carbocycles. The monoisotopic (exact) mass is 296 g/mol. The second kappa shape index (κ2) is 5.54. The second-order valence-corrected chi connectivity index (χ2v) is 7.72. The van der Waals surface area contributed by atoms with E-state index in [1.165, 1.54) is 0 Å². The van der Waals surface area contributed by atoms with Gasteiger partial charge in [0.2, 0.25) is 0 Å². The number of carbonyl (C=O) groups excluding carboxylic acids is 1. The number of amides is 1. The van der Waals surface area contributed by atoms with Crippen LogP contribution < -0.4 is 10.6 Å². The Bertz CT molecular complexity index is 595. The van der Waals surface area contributed by atoms with Gasteiger partial charge in [0.25, 0.3) is 5.91 Å². The van der Waals surface area contributed by atoms with Crippen LogP contribution >= 0.6 is 0 Å². The van der Waals surface area contributed by atoms with Gasteiger partial charge in [-0.15, -0.1) is 0 Å². The first-order chi connectivity index (χ1) is 9.34. The first-order valence-corrected chi connectivity index (χ1v) is 8.42. The Kier molecular flexibility index (Phi) is 4.15. The molecule has 5 nitrogen and oxygen atoms in total. The second-order valence-electron chi connectivity index (χ2n) is 5.53. The van der Waals surface area contributed by atoms with E-state index in [2.05, 4.69) is 10.6 Å². The molecule has 0 saturated carbocycles. The number of nitrogens with one attached hydrogen (secondary N) is 2. The predicted molar refractivity (Wildman–Crippen MR) is 78.3 cm³/mol. The summed E-state index contributed by atoms with van der Waals surface area (Å²) in [5.74, 6) is 0.334. The first-order valence-electron chi connectivity index (χ1n) is 6.60. The number of carbonyl (C=O) groups is 1. The molecule has 0 radical (unpaired) electrons. The number of hydrogen-bond acceptors (Lipinski definition) is 4. The molecular weight excluding hydrogens is 276 g/mol. The van der Waals surface area contributed by atoms with E-state index in [9.17, 15) is 13.2 Å². The van der Waals surface area contributed by atoms with Gasteiger partial charge in [0.1, 0.15) is 0 Å². The summed E-state index contributed by atoms with van der Waals surface area (Å²) in [5.41, 5.74) is 1.30. The molecule has 0 spiro atoms. The number of benzene rings is 1. The van der Waals surface area contributed by atoms with E-state index < -0.39 is 9.84 Å². The molecule has 1 unspecified atom stereocenters. The van der Waals surface area contributed by atoms with Gasteiger partial charge in [-0.1, -0.05) is 12.1 Å². The van der Waals surface area contributed by atoms with E-state index in [1.54, 1.807) is 19.2 Å². The Balaban J connectivity index is 1.96. The van der Waals surface area contributed by atoms with Crippen molar-refractivity contribution < 1.29 is 13.2 Å². The lowest BCUT2D eigenvalue weighted by molar-refractivity contribution is 0.0963. The number of hydrogen-bond donors (Lipinski definition) is 2. The molecule has 1 atom stereocenters. The Hall–Kier alpha value is -1.40. The number of rotatable bonds is 4. The van der Waals surface area contributed by atoms with Gasteiger partial charge < -0.3 is 10.6 Å². The molecule has 0 aliphatic carbocycles. The molecule has 0 bridgehead atoms. The van der Waals surface area contributed by atoms with Gasteiger partial charge in [-0.2, -0.15) is 0 Å². The van der Waals surface area contributed by atoms with Gasteiger partial charge in [-0.3, -0.25) is 4.79 Å². The molecule has 6 heteroatoms. The average Bonchev–Trinajstić information content (AvgIpc) is 2.71. The fraction of sp³-hybridized carbons (Fsp3) is 0.500. The fourth-order valence-electron chi connectivity index (χ4n) is 2.38. The van der Waals surface area contributed by atoms with Crippen molar-refractivity contribution in [3.05, 3.63) is 35.4 Å². The Morgan fingerprint density at radius 3 is 2.45 bits per heavy atom. The Morgan fingerprint density at radius 2 is 1.95 bits per heavy atom. The molecule has 1 aliphatic rings. The van der Waals surface area contributed by atoms with E-state index in [0.717, 1.165) is 5.56 Å². The molecular formula is C14H20N2O3S. The predicted octanol–water partition coefficient (Wildman–Crippen LogP) is 0.713. The average molecular weight is 296 g/mol. The lowest BCUT2D eigenvalue weighted by atomic mass is 10.0. The van der Waals surface area contributed by atoms with Crippen molar-refractivity contribution in [3.8, 4) is 0 Å². The fourth-order valence-corrected chi connectivity index (χ4v) is 4.51. The van der Waals surface area contributed by atoms with Gasteiger partial charge in [-0.05, 0) is 31.0 Å². The minimum Gasteiger partial charge on any atom is -0.355 e. The normalized spacial score (nSPS) is 24.5. The maximum absolute atomic E-state index is 11.5. The maximum Gasteiger partial charge on any atom is 0.251 e. The van der Waals surface area contributed by atoms with Crippen molar-refractivity contribution in [2.45, 2.75) is 25.4 Å². The first kappa shape index (κ1) is 15.0. The summed E-state index contributed by atoms with van der Waals surface area (Å²) in [6.45, 7) is 2.54. The van der Waals surface area contributed by atoms with Crippen LogP contribution in [0.15, 0.2) is 24.3 Å². The summed E-state index contributed by atoms with van der Waals surface area (Å²) in [6.07, 6.45) is 0.645. The molecule has 1 aliphatic heterocycles. The summed E-state index contributed by atoms with van der Waals surface area (Å²) in [6, 6.07) is 7.29. The zero-order valence-corrected chi connectivity index (χ0v) is 12.6. The van der Waals surface area contributed by atoms with Crippen LogP contribution in [0, 0.1) is 0 Å². The molecule has 1 fully saturated rings. The van der Waals surface area contributed by atoms with E-state index in [-0.39, 0.29) is 23.0 Å². The molecule has 1 heterocycles. The van der Waals surface area contributed by atoms with Crippen LogP contribution in [-0.4, -0.2) is 38.4 Å². The molecule has 110 valence electrons. The zero-order chi connectivity index (χ0) is 14.8. The van der Waals surface area contributed by atoms with Crippen molar-refractivity contribution >= 4 is 15.7 Å². The van der Waals surface area contributed by atoms with Crippen LogP contribution in [0.1, 0.15) is 29.3 Å². The summed E-state index contributed by atoms with van der Waals surface area (Å²) < 4.78 is 23.1. The molecule has 0 aromatic heterocycles. The minimum absolute atomic E-state index is 0.113. The summed E-state index contributed by atoms with van der Waals surface area (Å²) in [4.78, 5) is 11.4. The Morgan fingerprint density at radius 1 is 1.30 bits per heavy atom. The summed E-state index contributed by atoms with van der Waals surface area (Å²) >= 11 is 0. The summed E-state index contributed by atoms with van der Waals surface area (Å²) in [7, 11) is -1.30. The third-order valence-electron chi connectivity index (χ3n) is 3.67. The SMILES string of the molecule is CNC(=O)c1ccc(CNC2(C)CCS(=O)(=O)C2)cc1. The van der Waals surface area contributed by atoms with E-state index in [1.807, 2.05) is 19.1 Å². The highest BCUT2D eigenvalue weighted by atomic mass is 32.2. The van der Waals surface area contributed by atoms with Gasteiger partial charge in [0.15, 0.2) is 9.84 Å². The van der Waals surface area contributed by atoms with Crippen molar-refractivity contribution in [2.75, 3.05) is 18.6 Å². The lowest BCUT2D eigenvalue weighted by Crippen LogP contribution is -2.42. The topological polar surface area (TPSA) is 75.3 Å². The quantitative estimate of drug-likeness (QED) is 0.858. The van der Waals surface area contributed by atoms with E-state index in [0.29, 0.717) is 18.5 Å². The highest BCUT2D eigenvalue weighted by Gasteiger charge is 2.37. The molecule has 1 aromatic rings. The third-order valence-corrected chi connectivity index (χ3v) is 5.57. The van der Waals surface area contributed by atoms with Crippen LogP contribution in [-0.2, 0) is 16.4 Å². The van der Waals surface area contributed by atoms with Crippen LogP contribution in [0.2, 0.25) is 0 Å². The molecule has 1 saturated heterocycles. The van der Waals surface area contributed by atoms with E-state index >= 15 is 0 Å². The van der Waals surface area contributed by atoms with Crippen molar-refractivity contribution in [2.24, 2.45) is 0 Å². The standard InChI is InChI=1S/C14H20N2O3S/c1-14(7-8-20(18,19)10-14)16-9-11-3-5-12(6-4-11)13(17)15-2/h3-6,16H,7-10H2,1-2H3,(H,15,17). The zero-order valence-electron chi connectivity index (χ0n) is 11.8. The lowest BCUT2D eigenvalue weighted by Gasteiger charge is -2.24. The van der Waals surface area contributed by atoms with Crippen LogP contribution in [0.25, 0.3) is 0 Å². The Labute approximate surface area is 119 Å². The molecule has 20 heavy (non-hydrogen) atoms. The van der Waals surface area contributed by atoms with Gasteiger partial charge in [0, 0.05) is 24.7 Å². The van der Waals surface area contributed by atoms with Gasteiger partial charge in [-0.25, -0.2) is 8.42 Å². The minimum atomic E-state index is -2.90. The molecule has 2 N–H and O–H groups in total.